The fourth-order valence-electron chi connectivity index (χ4n) is 3.00. The Labute approximate surface area is 161 Å². The van der Waals surface area contributed by atoms with E-state index < -0.39 is 0 Å². The summed E-state index contributed by atoms with van der Waals surface area (Å²) in [6, 6.07) is 13.6. The van der Waals surface area contributed by atoms with Gasteiger partial charge < -0.3 is 15.0 Å². The Morgan fingerprint density at radius 1 is 1.27 bits per heavy atom. The van der Waals surface area contributed by atoms with Crippen LogP contribution >= 0.6 is 11.6 Å². The van der Waals surface area contributed by atoms with Crippen molar-refractivity contribution >= 4 is 23.2 Å². The monoisotopic (exact) mass is 375 g/mol. The first-order valence-corrected chi connectivity index (χ1v) is 9.34. The van der Waals surface area contributed by atoms with Gasteiger partial charge in [0.25, 0.3) is 5.91 Å². The van der Waals surface area contributed by atoms with Crippen molar-refractivity contribution in [2.24, 2.45) is 0 Å². The lowest BCUT2D eigenvalue weighted by Crippen LogP contribution is -3.08. The second-order valence-corrected chi connectivity index (χ2v) is 7.15. The molecular formula is C21H28ClN2O2+. The average molecular weight is 376 g/mol. The van der Waals surface area contributed by atoms with Crippen LogP contribution in [0.15, 0.2) is 42.5 Å². The highest BCUT2D eigenvalue weighted by atomic mass is 35.5. The highest BCUT2D eigenvalue weighted by Gasteiger charge is 2.16. The standard InChI is InChI=1S/C21H27ClN2O2/c1-5-15(2)18-8-6-7-9-19(18)23-21(25)14-24(3)13-16-12-17(22)10-11-20(16)26-4/h6-12,15H,5,13-14H2,1-4H3,(H,23,25)/p+1/t15-/m0/s1. The number of hydrogen-bond acceptors (Lipinski definition) is 2. The molecule has 2 N–H and O–H groups in total. The van der Waals surface area contributed by atoms with Crippen molar-refractivity contribution in [3.8, 4) is 5.75 Å². The molecule has 0 aliphatic rings. The summed E-state index contributed by atoms with van der Waals surface area (Å²) in [5.41, 5.74) is 3.07. The summed E-state index contributed by atoms with van der Waals surface area (Å²) in [7, 11) is 3.63. The summed E-state index contributed by atoms with van der Waals surface area (Å²) >= 11 is 6.09. The van der Waals surface area contributed by atoms with Gasteiger partial charge in [0.15, 0.2) is 6.54 Å². The first-order valence-electron chi connectivity index (χ1n) is 8.97. The van der Waals surface area contributed by atoms with Crippen LogP contribution in [-0.2, 0) is 11.3 Å². The first kappa shape index (κ1) is 20.3. The Balaban J connectivity index is 2.01. The van der Waals surface area contributed by atoms with Gasteiger partial charge in [0.05, 0.1) is 14.2 Å². The Morgan fingerprint density at radius 3 is 2.69 bits per heavy atom. The Bertz CT molecular complexity index is 749. The molecule has 140 valence electrons. The van der Waals surface area contributed by atoms with Gasteiger partial charge in [-0.15, -0.1) is 0 Å². The molecule has 0 bridgehead atoms. The van der Waals surface area contributed by atoms with Crippen molar-refractivity contribution in [2.75, 3.05) is 26.0 Å². The summed E-state index contributed by atoms with van der Waals surface area (Å²) < 4.78 is 5.38. The van der Waals surface area contributed by atoms with Crippen LogP contribution in [0.3, 0.4) is 0 Å². The van der Waals surface area contributed by atoms with E-state index in [4.69, 9.17) is 16.3 Å². The molecule has 4 nitrogen and oxygen atoms in total. The zero-order chi connectivity index (χ0) is 19.1. The van der Waals surface area contributed by atoms with Crippen molar-refractivity contribution in [3.63, 3.8) is 0 Å². The minimum atomic E-state index is -0.000696. The van der Waals surface area contributed by atoms with Crippen molar-refractivity contribution in [1.82, 2.24) is 0 Å². The number of benzene rings is 2. The maximum atomic E-state index is 12.5. The van der Waals surface area contributed by atoms with Gasteiger partial charge in [0.2, 0.25) is 0 Å². The molecule has 1 unspecified atom stereocenters. The molecule has 0 spiro atoms. The van der Waals surface area contributed by atoms with Crippen LogP contribution in [0.4, 0.5) is 5.69 Å². The lowest BCUT2D eigenvalue weighted by Gasteiger charge is -2.18. The molecule has 2 rings (SSSR count). The summed E-state index contributed by atoms with van der Waals surface area (Å²) in [4.78, 5) is 13.6. The quantitative estimate of drug-likeness (QED) is 0.741. The average Bonchev–Trinajstić information content (AvgIpc) is 2.61. The van der Waals surface area contributed by atoms with E-state index in [1.807, 2.05) is 37.4 Å². The molecule has 26 heavy (non-hydrogen) atoms. The third kappa shape index (κ3) is 5.48. The number of rotatable bonds is 8. The number of hydrogen-bond donors (Lipinski definition) is 2. The zero-order valence-electron chi connectivity index (χ0n) is 15.9. The molecule has 2 atom stereocenters. The van der Waals surface area contributed by atoms with Crippen LogP contribution in [0.5, 0.6) is 5.75 Å². The van der Waals surface area contributed by atoms with E-state index in [2.05, 4.69) is 25.2 Å². The molecule has 0 saturated heterocycles. The van der Waals surface area contributed by atoms with Gasteiger partial charge in [-0.1, -0.05) is 43.6 Å². The van der Waals surface area contributed by atoms with Crippen LogP contribution < -0.4 is 15.0 Å². The molecule has 0 saturated carbocycles. The maximum absolute atomic E-state index is 12.5. The number of carbonyl (C=O) groups is 1. The van der Waals surface area contributed by atoms with Crippen LogP contribution in [-0.4, -0.2) is 26.6 Å². The number of para-hydroxylation sites is 1. The number of carbonyl (C=O) groups excluding carboxylic acids is 1. The number of likely N-dealkylation sites (N-methyl/N-ethyl adjacent to an activating group) is 1. The van der Waals surface area contributed by atoms with Gasteiger partial charge in [-0.05, 0) is 42.2 Å². The van der Waals surface area contributed by atoms with Crippen LogP contribution in [0, 0.1) is 0 Å². The van der Waals surface area contributed by atoms with E-state index in [9.17, 15) is 4.79 Å². The van der Waals surface area contributed by atoms with E-state index in [0.29, 0.717) is 24.0 Å². The zero-order valence-corrected chi connectivity index (χ0v) is 16.7. The summed E-state index contributed by atoms with van der Waals surface area (Å²) in [6.07, 6.45) is 1.03. The number of anilines is 1. The summed E-state index contributed by atoms with van der Waals surface area (Å²) in [5, 5.41) is 3.73. The topological polar surface area (TPSA) is 42.8 Å². The molecule has 0 aliphatic heterocycles. The third-order valence-electron chi connectivity index (χ3n) is 4.58. The van der Waals surface area contributed by atoms with E-state index >= 15 is 0 Å². The lowest BCUT2D eigenvalue weighted by molar-refractivity contribution is -0.885. The molecule has 2 aromatic rings. The van der Waals surface area contributed by atoms with Crippen molar-refractivity contribution in [1.29, 1.82) is 0 Å². The van der Waals surface area contributed by atoms with E-state index in [1.165, 1.54) is 5.56 Å². The molecule has 5 heteroatoms. The molecule has 0 aliphatic carbocycles. The van der Waals surface area contributed by atoms with E-state index in [0.717, 1.165) is 28.3 Å². The van der Waals surface area contributed by atoms with Crippen LogP contribution in [0.2, 0.25) is 5.02 Å². The number of amides is 1. The van der Waals surface area contributed by atoms with Crippen LogP contribution in [0.1, 0.15) is 37.3 Å². The number of ether oxygens (including phenoxy) is 1. The second kappa shape index (κ2) is 9.60. The fourth-order valence-corrected chi connectivity index (χ4v) is 3.20. The molecule has 0 heterocycles. The number of quaternary nitrogens is 1. The first-order chi connectivity index (χ1) is 12.4. The van der Waals surface area contributed by atoms with Gasteiger partial charge in [0, 0.05) is 16.3 Å². The van der Waals surface area contributed by atoms with Crippen LogP contribution in [0.25, 0.3) is 0 Å². The predicted molar refractivity (Wildman–Crippen MR) is 107 cm³/mol. The summed E-state index contributed by atoms with van der Waals surface area (Å²) in [5.74, 6) is 1.20. The Kier molecular flexibility index (Phi) is 7.49. The van der Waals surface area contributed by atoms with E-state index in [1.54, 1.807) is 13.2 Å². The maximum Gasteiger partial charge on any atom is 0.279 e. The molecule has 1 amide bonds. The molecule has 0 fully saturated rings. The number of halogens is 1. The number of methoxy groups -OCH3 is 1. The largest absolute Gasteiger partial charge is 0.496 e. The predicted octanol–water partition coefficient (Wildman–Crippen LogP) is 3.52. The molecule has 2 aromatic carbocycles. The fraction of sp³-hybridized carbons (Fsp3) is 0.381. The van der Waals surface area contributed by atoms with Crippen molar-refractivity contribution < 1.29 is 14.4 Å². The van der Waals surface area contributed by atoms with E-state index in [-0.39, 0.29) is 5.91 Å². The highest BCUT2D eigenvalue weighted by molar-refractivity contribution is 6.30. The second-order valence-electron chi connectivity index (χ2n) is 6.71. The normalized spacial score (nSPS) is 13.1. The minimum Gasteiger partial charge on any atom is -0.496 e. The minimum absolute atomic E-state index is 0.000696. The molecule has 0 radical (unpaired) electrons. The highest BCUT2D eigenvalue weighted by Crippen LogP contribution is 2.26. The summed E-state index contributed by atoms with van der Waals surface area (Å²) in [6.45, 7) is 5.35. The van der Waals surface area contributed by atoms with Gasteiger partial charge in [-0.3, -0.25) is 4.79 Å². The van der Waals surface area contributed by atoms with Crippen molar-refractivity contribution in [2.45, 2.75) is 32.7 Å². The Hall–Kier alpha value is -2.04. The lowest BCUT2D eigenvalue weighted by atomic mass is 9.97. The molecule has 0 aromatic heterocycles. The SMILES string of the molecule is CC[C@H](C)c1ccccc1NC(=O)C[NH+](C)Cc1cc(Cl)ccc1OC. The van der Waals surface area contributed by atoms with Crippen molar-refractivity contribution in [3.05, 3.63) is 58.6 Å². The van der Waals surface area contributed by atoms with Gasteiger partial charge >= 0.3 is 0 Å². The van der Waals surface area contributed by atoms with Gasteiger partial charge in [0.1, 0.15) is 12.3 Å². The smallest absolute Gasteiger partial charge is 0.279 e. The third-order valence-corrected chi connectivity index (χ3v) is 4.81. The van der Waals surface area contributed by atoms with Gasteiger partial charge in [-0.2, -0.15) is 0 Å². The van der Waals surface area contributed by atoms with Gasteiger partial charge in [-0.25, -0.2) is 0 Å². The Morgan fingerprint density at radius 2 is 2.00 bits per heavy atom. The molecular weight excluding hydrogens is 348 g/mol. The number of nitrogens with one attached hydrogen (secondary N) is 2.